The number of hydrogen-bond acceptors (Lipinski definition) is 8. The minimum absolute atomic E-state index is 0.185. The summed E-state index contributed by atoms with van der Waals surface area (Å²) in [5, 5.41) is 7.77. The Morgan fingerprint density at radius 1 is 1.28 bits per heavy atom. The molecular formula is C21H23FN6O3S. The van der Waals surface area contributed by atoms with Gasteiger partial charge in [-0.2, -0.15) is 0 Å². The fourth-order valence-electron chi connectivity index (χ4n) is 3.13. The van der Waals surface area contributed by atoms with Crippen LogP contribution >= 0.6 is 11.3 Å². The van der Waals surface area contributed by atoms with Crippen molar-refractivity contribution in [3.05, 3.63) is 47.0 Å². The molecule has 0 aliphatic carbocycles. The predicted octanol–water partition coefficient (Wildman–Crippen LogP) is 3.19. The number of amides is 2. The van der Waals surface area contributed by atoms with E-state index in [-0.39, 0.29) is 30.1 Å². The maximum absolute atomic E-state index is 13.3. The standard InChI is InChI=1S/C21H23FN6O3S/c1-21(2,3)31-20(30)28-10-14(11-28)25-18(29)16-17-15(4-5-32-17)26-19(27-16)24-8-12-6-13(22)9-23-7-12/h4-7,9,14H,8,10-11H2,1-3H3,(H,25,29)(H,24,26,27). The summed E-state index contributed by atoms with van der Waals surface area (Å²) < 4.78 is 19.3. The summed E-state index contributed by atoms with van der Waals surface area (Å²) in [5.74, 6) is -0.516. The summed E-state index contributed by atoms with van der Waals surface area (Å²) in [6, 6.07) is 2.99. The van der Waals surface area contributed by atoms with E-state index in [9.17, 15) is 14.0 Å². The molecule has 2 N–H and O–H groups in total. The summed E-state index contributed by atoms with van der Waals surface area (Å²) >= 11 is 1.37. The summed E-state index contributed by atoms with van der Waals surface area (Å²) in [7, 11) is 0. The number of likely N-dealkylation sites (tertiary alicyclic amines) is 1. The topological polar surface area (TPSA) is 109 Å². The van der Waals surface area contributed by atoms with E-state index in [2.05, 4.69) is 25.6 Å². The molecule has 9 nitrogen and oxygen atoms in total. The average Bonchev–Trinajstić information content (AvgIpc) is 3.15. The Hall–Kier alpha value is -3.34. The molecule has 0 radical (unpaired) electrons. The van der Waals surface area contributed by atoms with E-state index >= 15 is 0 Å². The third kappa shape index (κ3) is 5.10. The van der Waals surface area contributed by atoms with Crippen molar-refractivity contribution in [3.8, 4) is 0 Å². The van der Waals surface area contributed by atoms with Crippen molar-refractivity contribution >= 4 is 39.5 Å². The van der Waals surface area contributed by atoms with Gasteiger partial charge in [-0.25, -0.2) is 19.2 Å². The zero-order valence-corrected chi connectivity index (χ0v) is 18.7. The molecule has 11 heteroatoms. The van der Waals surface area contributed by atoms with Crippen LogP contribution in [0, 0.1) is 5.82 Å². The molecule has 3 aromatic rings. The SMILES string of the molecule is CC(C)(C)OC(=O)N1CC(NC(=O)c2nc(NCc3cncc(F)c3)nc3ccsc23)C1. The van der Waals surface area contributed by atoms with E-state index in [4.69, 9.17) is 4.74 Å². The number of rotatable bonds is 5. The Labute approximate surface area is 188 Å². The molecule has 4 rings (SSSR count). The smallest absolute Gasteiger partial charge is 0.410 e. The first-order chi connectivity index (χ1) is 15.2. The van der Waals surface area contributed by atoms with Crippen molar-refractivity contribution in [2.45, 2.75) is 39.0 Å². The summed E-state index contributed by atoms with van der Waals surface area (Å²) in [6.07, 6.45) is 2.27. The Morgan fingerprint density at radius 3 is 2.78 bits per heavy atom. The van der Waals surface area contributed by atoms with Gasteiger partial charge in [0, 0.05) is 25.8 Å². The number of carbonyl (C=O) groups is 2. The van der Waals surface area contributed by atoms with Gasteiger partial charge < -0.3 is 20.3 Å². The van der Waals surface area contributed by atoms with Crippen molar-refractivity contribution < 1.29 is 18.7 Å². The molecule has 32 heavy (non-hydrogen) atoms. The molecular weight excluding hydrogens is 435 g/mol. The fourth-order valence-corrected chi connectivity index (χ4v) is 3.95. The van der Waals surface area contributed by atoms with Crippen LogP contribution in [0.5, 0.6) is 0 Å². The summed E-state index contributed by atoms with van der Waals surface area (Å²) in [6.45, 7) is 6.42. The zero-order valence-electron chi connectivity index (χ0n) is 17.9. The highest BCUT2D eigenvalue weighted by Gasteiger charge is 2.35. The maximum Gasteiger partial charge on any atom is 0.410 e. The van der Waals surface area contributed by atoms with Gasteiger partial charge in [0.15, 0.2) is 5.69 Å². The lowest BCUT2D eigenvalue weighted by Gasteiger charge is -2.39. The molecule has 1 saturated heterocycles. The van der Waals surface area contributed by atoms with Gasteiger partial charge >= 0.3 is 6.09 Å². The lowest BCUT2D eigenvalue weighted by molar-refractivity contribution is 0.00532. The lowest BCUT2D eigenvalue weighted by atomic mass is 10.1. The van der Waals surface area contributed by atoms with Crippen LogP contribution in [0.15, 0.2) is 29.9 Å². The number of thiophene rings is 1. The van der Waals surface area contributed by atoms with E-state index in [1.807, 2.05) is 26.2 Å². The molecule has 3 aromatic heterocycles. The number of aromatic nitrogens is 3. The van der Waals surface area contributed by atoms with E-state index < -0.39 is 17.5 Å². The molecule has 1 aliphatic heterocycles. The van der Waals surface area contributed by atoms with Gasteiger partial charge in [0.2, 0.25) is 5.95 Å². The van der Waals surface area contributed by atoms with Crippen LogP contribution in [-0.4, -0.2) is 56.6 Å². The Balaban J connectivity index is 1.41. The van der Waals surface area contributed by atoms with Crippen LogP contribution in [0.1, 0.15) is 36.8 Å². The van der Waals surface area contributed by atoms with Crippen molar-refractivity contribution in [1.29, 1.82) is 0 Å². The molecule has 0 saturated carbocycles. The molecule has 0 bridgehead atoms. The summed E-state index contributed by atoms with van der Waals surface area (Å²) in [5.41, 5.74) is 0.948. The molecule has 0 unspecified atom stereocenters. The van der Waals surface area contributed by atoms with Crippen LogP contribution in [0.4, 0.5) is 15.1 Å². The quantitative estimate of drug-likeness (QED) is 0.604. The fraction of sp³-hybridized carbons (Fsp3) is 0.381. The Morgan fingerprint density at radius 2 is 2.06 bits per heavy atom. The number of fused-ring (bicyclic) bond motifs is 1. The van der Waals surface area contributed by atoms with E-state index in [1.54, 1.807) is 12.3 Å². The van der Waals surface area contributed by atoms with Crippen LogP contribution in [0.3, 0.4) is 0 Å². The average molecular weight is 459 g/mol. The first kappa shape index (κ1) is 21.9. The first-order valence-corrected chi connectivity index (χ1v) is 10.9. The molecule has 0 spiro atoms. The van der Waals surface area contributed by atoms with Gasteiger partial charge in [-0.05, 0) is 43.8 Å². The molecule has 0 aromatic carbocycles. The number of anilines is 1. The molecule has 168 valence electrons. The van der Waals surface area contributed by atoms with E-state index in [0.717, 1.165) is 6.20 Å². The molecule has 2 amide bonds. The second-order valence-electron chi connectivity index (χ2n) is 8.45. The van der Waals surface area contributed by atoms with Gasteiger partial charge in [-0.3, -0.25) is 9.78 Å². The summed E-state index contributed by atoms with van der Waals surface area (Å²) in [4.78, 5) is 39.2. The molecule has 1 aliphatic rings. The highest BCUT2D eigenvalue weighted by atomic mass is 32.1. The highest BCUT2D eigenvalue weighted by molar-refractivity contribution is 7.17. The Bertz CT molecular complexity index is 1160. The van der Waals surface area contributed by atoms with Crippen LogP contribution < -0.4 is 10.6 Å². The van der Waals surface area contributed by atoms with Gasteiger partial charge in [0.05, 0.1) is 22.5 Å². The van der Waals surface area contributed by atoms with E-state index in [0.29, 0.717) is 28.9 Å². The number of nitrogens with zero attached hydrogens (tertiary/aromatic N) is 4. The molecule has 1 fully saturated rings. The first-order valence-electron chi connectivity index (χ1n) is 10.1. The van der Waals surface area contributed by atoms with Crippen LogP contribution in [0.2, 0.25) is 0 Å². The number of hydrogen-bond donors (Lipinski definition) is 2. The molecule has 4 heterocycles. The lowest BCUT2D eigenvalue weighted by Crippen LogP contribution is -2.61. The Kier molecular flexibility index (Phi) is 5.92. The maximum atomic E-state index is 13.3. The monoisotopic (exact) mass is 458 g/mol. The second kappa shape index (κ2) is 8.65. The van der Waals surface area contributed by atoms with Crippen molar-refractivity contribution in [2.75, 3.05) is 18.4 Å². The van der Waals surface area contributed by atoms with Crippen LogP contribution in [-0.2, 0) is 11.3 Å². The van der Waals surface area contributed by atoms with Gasteiger partial charge in [0.25, 0.3) is 5.91 Å². The van der Waals surface area contributed by atoms with Gasteiger partial charge in [-0.1, -0.05) is 0 Å². The number of ether oxygens (including phenoxy) is 1. The third-order valence-corrected chi connectivity index (χ3v) is 5.51. The number of nitrogens with one attached hydrogen (secondary N) is 2. The van der Waals surface area contributed by atoms with Gasteiger partial charge in [0.1, 0.15) is 11.4 Å². The number of halogens is 1. The minimum atomic E-state index is -0.567. The largest absolute Gasteiger partial charge is 0.444 e. The normalized spacial score (nSPS) is 14.2. The second-order valence-corrected chi connectivity index (χ2v) is 9.37. The highest BCUT2D eigenvalue weighted by Crippen LogP contribution is 2.24. The van der Waals surface area contributed by atoms with Gasteiger partial charge in [-0.15, -0.1) is 11.3 Å². The van der Waals surface area contributed by atoms with Crippen LogP contribution in [0.25, 0.3) is 10.2 Å². The number of pyridine rings is 1. The van der Waals surface area contributed by atoms with Crippen molar-refractivity contribution in [2.24, 2.45) is 0 Å². The van der Waals surface area contributed by atoms with E-state index in [1.165, 1.54) is 22.3 Å². The third-order valence-electron chi connectivity index (χ3n) is 4.60. The van der Waals surface area contributed by atoms with Crippen molar-refractivity contribution in [3.63, 3.8) is 0 Å². The minimum Gasteiger partial charge on any atom is -0.444 e. The molecule has 0 atom stereocenters. The predicted molar refractivity (Wildman–Crippen MR) is 118 cm³/mol. The number of carbonyl (C=O) groups excluding carboxylic acids is 2. The van der Waals surface area contributed by atoms with Crippen molar-refractivity contribution in [1.82, 2.24) is 25.2 Å². The zero-order chi connectivity index (χ0) is 22.9.